The van der Waals surface area contributed by atoms with Gasteiger partial charge in [-0.05, 0) is 29.8 Å². The van der Waals surface area contributed by atoms with Crippen molar-refractivity contribution in [2.45, 2.75) is 18.1 Å². The van der Waals surface area contributed by atoms with Gasteiger partial charge in [0.1, 0.15) is 0 Å². The van der Waals surface area contributed by atoms with Crippen LogP contribution < -0.4 is 9.47 Å². The van der Waals surface area contributed by atoms with Gasteiger partial charge in [-0.2, -0.15) is 13.1 Å². The molecule has 2 aromatic rings. The maximum absolute atomic E-state index is 12.6. The highest BCUT2D eigenvalue weighted by atomic mass is 32.2. The summed E-state index contributed by atoms with van der Waals surface area (Å²) in [5.74, 6) is -0.133. The van der Waals surface area contributed by atoms with Crippen LogP contribution in [0.1, 0.15) is 5.56 Å². The number of nitrogens with zero attached hydrogens (tertiary/aromatic N) is 2. The number of rotatable bonds is 8. The minimum absolute atomic E-state index is 0.0360. The predicted octanol–water partition coefficient (Wildman–Crippen LogP) is 3.03. The zero-order chi connectivity index (χ0) is 20.2. The fraction of sp³-hybridized carbons (Fsp3) is 0.250. The Morgan fingerprint density at radius 2 is 1.78 bits per heavy atom. The van der Waals surface area contributed by atoms with Crippen molar-refractivity contribution < 1.29 is 31.6 Å². The third kappa shape index (κ3) is 4.89. The van der Waals surface area contributed by atoms with Gasteiger partial charge in [0.2, 0.25) is 10.0 Å². The van der Waals surface area contributed by atoms with E-state index in [1.807, 2.05) is 0 Å². The smallest absolute Gasteiger partial charge is 0.387 e. The Bertz CT molecular complexity index is 919. The molecule has 0 bridgehead atoms. The number of hydrogen-bond acceptors (Lipinski definition) is 6. The van der Waals surface area contributed by atoms with Crippen molar-refractivity contribution in [3.63, 3.8) is 0 Å². The highest BCUT2D eigenvalue weighted by molar-refractivity contribution is 7.89. The van der Waals surface area contributed by atoms with E-state index in [1.54, 1.807) is 0 Å². The molecule has 2 aromatic carbocycles. The first kappa shape index (κ1) is 20.5. The number of non-ortho nitro benzene ring substituents is 1. The van der Waals surface area contributed by atoms with Crippen LogP contribution in [0.15, 0.2) is 47.4 Å². The molecule has 0 spiro atoms. The van der Waals surface area contributed by atoms with Gasteiger partial charge in [0, 0.05) is 25.7 Å². The van der Waals surface area contributed by atoms with Crippen molar-refractivity contribution in [3.05, 3.63) is 58.1 Å². The second kappa shape index (κ2) is 8.27. The normalized spacial score (nSPS) is 11.6. The quantitative estimate of drug-likeness (QED) is 0.497. The van der Waals surface area contributed by atoms with Crippen molar-refractivity contribution in [2.24, 2.45) is 0 Å². The number of nitro benzene ring substituents is 1. The molecule has 0 saturated carbocycles. The van der Waals surface area contributed by atoms with Crippen molar-refractivity contribution in [1.82, 2.24) is 4.31 Å². The molecule has 0 amide bonds. The SMILES string of the molecule is COc1cc(CN(C)S(=O)(=O)c2ccc([N+](=O)[O-])cc2)ccc1OC(F)F. The lowest BCUT2D eigenvalue weighted by Crippen LogP contribution is -2.26. The number of ether oxygens (including phenoxy) is 2. The largest absolute Gasteiger partial charge is 0.493 e. The van der Waals surface area contributed by atoms with Crippen LogP contribution in [-0.2, 0) is 16.6 Å². The van der Waals surface area contributed by atoms with Gasteiger partial charge in [0.15, 0.2) is 11.5 Å². The molecular formula is C16H16F2N2O6S. The molecule has 0 saturated heterocycles. The van der Waals surface area contributed by atoms with E-state index >= 15 is 0 Å². The van der Waals surface area contributed by atoms with Crippen LogP contribution in [0.3, 0.4) is 0 Å². The number of halogens is 2. The van der Waals surface area contributed by atoms with Crippen LogP contribution in [0.5, 0.6) is 11.5 Å². The van der Waals surface area contributed by atoms with Crippen LogP contribution >= 0.6 is 0 Å². The first-order chi connectivity index (χ1) is 12.6. The van der Waals surface area contributed by atoms with Gasteiger partial charge in [-0.3, -0.25) is 10.1 Å². The average Bonchev–Trinajstić information content (AvgIpc) is 2.62. The van der Waals surface area contributed by atoms with Gasteiger partial charge in [-0.25, -0.2) is 8.42 Å². The molecule has 0 atom stereocenters. The maximum atomic E-state index is 12.6. The molecule has 0 fully saturated rings. The highest BCUT2D eigenvalue weighted by Crippen LogP contribution is 2.30. The van der Waals surface area contributed by atoms with Crippen molar-refractivity contribution in [2.75, 3.05) is 14.2 Å². The molecule has 11 heteroatoms. The molecule has 0 unspecified atom stereocenters. The number of benzene rings is 2. The monoisotopic (exact) mass is 402 g/mol. The number of hydrogen-bond donors (Lipinski definition) is 0. The van der Waals surface area contributed by atoms with Gasteiger partial charge < -0.3 is 9.47 Å². The third-order valence-electron chi connectivity index (χ3n) is 3.61. The average molecular weight is 402 g/mol. The second-order valence-corrected chi connectivity index (χ2v) is 7.42. The Kier molecular flexibility index (Phi) is 6.28. The Morgan fingerprint density at radius 3 is 2.30 bits per heavy atom. The minimum Gasteiger partial charge on any atom is -0.493 e. The fourth-order valence-corrected chi connectivity index (χ4v) is 3.42. The van der Waals surface area contributed by atoms with E-state index in [-0.39, 0.29) is 28.6 Å². The number of nitro groups is 1. The Balaban J connectivity index is 2.22. The maximum Gasteiger partial charge on any atom is 0.387 e. The molecule has 0 aliphatic heterocycles. The summed E-state index contributed by atoms with van der Waals surface area (Å²) in [6.45, 7) is -3.10. The standard InChI is InChI=1S/C16H16F2N2O6S/c1-19(27(23,24)13-6-4-12(5-7-13)20(21)22)10-11-3-8-14(26-16(17)18)15(9-11)25-2/h3-9,16H,10H2,1-2H3. The molecule has 27 heavy (non-hydrogen) atoms. The van der Waals surface area contributed by atoms with E-state index in [9.17, 15) is 27.3 Å². The Morgan fingerprint density at radius 1 is 1.15 bits per heavy atom. The molecule has 0 N–H and O–H groups in total. The molecule has 146 valence electrons. The topological polar surface area (TPSA) is 99.0 Å². The summed E-state index contributed by atoms with van der Waals surface area (Å²) in [6, 6.07) is 8.56. The summed E-state index contributed by atoms with van der Waals surface area (Å²) in [5, 5.41) is 10.7. The Labute approximate surface area is 154 Å². The molecule has 0 radical (unpaired) electrons. The molecule has 0 aliphatic rings. The van der Waals surface area contributed by atoms with Crippen LogP contribution in [-0.4, -0.2) is 38.4 Å². The second-order valence-electron chi connectivity index (χ2n) is 5.38. The van der Waals surface area contributed by atoms with Gasteiger partial charge in [-0.15, -0.1) is 0 Å². The summed E-state index contributed by atoms with van der Waals surface area (Å²) in [6.07, 6.45) is 0. The van der Waals surface area contributed by atoms with Gasteiger partial charge in [-0.1, -0.05) is 6.07 Å². The zero-order valence-electron chi connectivity index (χ0n) is 14.3. The van der Waals surface area contributed by atoms with Crippen molar-refractivity contribution in [3.8, 4) is 11.5 Å². The lowest BCUT2D eigenvalue weighted by molar-refractivity contribution is -0.384. The van der Waals surface area contributed by atoms with Gasteiger partial charge >= 0.3 is 6.61 Å². The van der Waals surface area contributed by atoms with Crippen LogP contribution in [0.2, 0.25) is 0 Å². The van der Waals surface area contributed by atoms with E-state index in [0.717, 1.165) is 28.6 Å². The third-order valence-corrected chi connectivity index (χ3v) is 5.42. The van der Waals surface area contributed by atoms with E-state index in [0.29, 0.717) is 5.56 Å². The first-order valence-corrected chi connectivity index (χ1v) is 8.91. The Hall–Kier alpha value is -2.79. The summed E-state index contributed by atoms with van der Waals surface area (Å²) in [5.41, 5.74) is 0.248. The summed E-state index contributed by atoms with van der Waals surface area (Å²) < 4.78 is 60.2. The molecule has 8 nitrogen and oxygen atoms in total. The minimum atomic E-state index is -3.91. The summed E-state index contributed by atoms with van der Waals surface area (Å²) in [4.78, 5) is 9.93. The molecule has 0 heterocycles. The van der Waals surface area contributed by atoms with Crippen molar-refractivity contribution in [1.29, 1.82) is 0 Å². The van der Waals surface area contributed by atoms with Crippen LogP contribution in [0, 0.1) is 10.1 Å². The highest BCUT2D eigenvalue weighted by Gasteiger charge is 2.22. The van der Waals surface area contributed by atoms with E-state index in [4.69, 9.17) is 4.74 Å². The number of alkyl halides is 2. The lowest BCUT2D eigenvalue weighted by Gasteiger charge is -2.18. The van der Waals surface area contributed by atoms with E-state index in [1.165, 1.54) is 32.4 Å². The fourth-order valence-electron chi connectivity index (χ4n) is 2.27. The zero-order valence-corrected chi connectivity index (χ0v) is 15.2. The molecule has 2 rings (SSSR count). The molecular weight excluding hydrogens is 386 g/mol. The number of methoxy groups -OCH3 is 1. The van der Waals surface area contributed by atoms with Gasteiger partial charge in [0.05, 0.1) is 16.9 Å². The van der Waals surface area contributed by atoms with Crippen LogP contribution in [0.4, 0.5) is 14.5 Å². The van der Waals surface area contributed by atoms with Crippen molar-refractivity contribution >= 4 is 15.7 Å². The van der Waals surface area contributed by atoms with E-state index < -0.39 is 21.6 Å². The predicted molar refractivity (Wildman–Crippen MR) is 91.4 cm³/mol. The summed E-state index contributed by atoms with van der Waals surface area (Å²) >= 11 is 0. The molecule has 0 aromatic heterocycles. The van der Waals surface area contributed by atoms with Gasteiger partial charge in [0.25, 0.3) is 5.69 Å². The van der Waals surface area contributed by atoms with Crippen LogP contribution in [0.25, 0.3) is 0 Å². The molecule has 0 aliphatic carbocycles. The van der Waals surface area contributed by atoms with E-state index in [2.05, 4.69) is 4.74 Å². The number of sulfonamides is 1. The summed E-state index contributed by atoms with van der Waals surface area (Å²) in [7, 11) is -1.31. The first-order valence-electron chi connectivity index (χ1n) is 7.47. The lowest BCUT2D eigenvalue weighted by atomic mass is 10.2.